The van der Waals surface area contributed by atoms with Gasteiger partial charge < -0.3 is 19.5 Å². The van der Waals surface area contributed by atoms with E-state index in [2.05, 4.69) is 15.5 Å². The van der Waals surface area contributed by atoms with Crippen LogP contribution in [0.1, 0.15) is 36.0 Å². The third-order valence-electron chi connectivity index (χ3n) is 5.77. The minimum atomic E-state index is -0.134. The Balaban J connectivity index is 1.57. The fourth-order valence-corrected chi connectivity index (χ4v) is 4.31. The van der Waals surface area contributed by atoms with Crippen molar-refractivity contribution in [1.29, 1.82) is 0 Å². The molecule has 27 heavy (non-hydrogen) atoms. The van der Waals surface area contributed by atoms with Crippen molar-refractivity contribution in [2.45, 2.75) is 32.6 Å². The van der Waals surface area contributed by atoms with E-state index in [1.165, 1.54) is 0 Å². The van der Waals surface area contributed by atoms with Gasteiger partial charge in [-0.3, -0.25) is 0 Å². The zero-order valence-electron chi connectivity index (χ0n) is 15.5. The second-order valence-electron chi connectivity index (χ2n) is 7.43. The maximum atomic E-state index is 13.0. The number of carbonyl (C=O) groups is 1. The van der Waals surface area contributed by atoms with Crippen molar-refractivity contribution in [3.63, 3.8) is 0 Å². The van der Waals surface area contributed by atoms with Crippen LogP contribution in [-0.4, -0.2) is 47.4 Å². The summed E-state index contributed by atoms with van der Waals surface area (Å²) < 4.78 is 11.0. The molecular weight excluding hydrogens is 368 g/mol. The number of rotatable bonds is 2. The summed E-state index contributed by atoms with van der Waals surface area (Å²) in [7, 11) is 0. The highest BCUT2D eigenvalue weighted by molar-refractivity contribution is 6.31. The predicted octanol–water partition coefficient (Wildman–Crippen LogP) is 3.77. The number of ether oxygens (including phenoxy) is 1. The van der Waals surface area contributed by atoms with Crippen LogP contribution in [0.5, 0.6) is 0 Å². The van der Waals surface area contributed by atoms with E-state index in [0.29, 0.717) is 43.0 Å². The van der Waals surface area contributed by atoms with Gasteiger partial charge in [0.15, 0.2) is 5.82 Å². The number of carbonyl (C=O) groups excluding carboxylic acids is 1. The lowest BCUT2D eigenvalue weighted by molar-refractivity contribution is 0.00959. The Kier molecular flexibility index (Phi) is 4.82. The van der Waals surface area contributed by atoms with E-state index in [1.54, 1.807) is 0 Å². The SMILES string of the molecule is Cc1noc(C2CN(C(=O)Nc3cccc(Cl)c3C)CC23CCOCC3)n1. The Hall–Kier alpha value is -2.12. The van der Waals surface area contributed by atoms with E-state index in [1.807, 2.05) is 36.9 Å². The first-order valence-electron chi connectivity index (χ1n) is 9.17. The first-order valence-corrected chi connectivity index (χ1v) is 9.55. The summed E-state index contributed by atoms with van der Waals surface area (Å²) >= 11 is 6.17. The van der Waals surface area contributed by atoms with Crippen molar-refractivity contribution in [3.8, 4) is 0 Å². The lowest BCUT2D eigenvalue weighted by Gasteiger charge is -2.36. The normalized spacial score (nSPS) is 21.6. The molecule has 3 heterocycles. The monoisotopic (exact) mass is 390 g/mol. The van der Waals surface area contributed by atoms with Crippen LogP contribution in [0.3, 0.4) is 0 Å². The largest absolute Gasteiger partial charge is 0.381 e. The molecule has 2 saturated heterocycles. The molecule has 2 fully saturated rings. The Morgan fingerprint density at radius 1 is 1.33 bits per heavy atom. The van der Waals surface area contributed by atoms with Crippen LogP contribution >= 0.6 is 11.6 Å². The molecule has 144 valence electrons. The smallest absolute Gasteiger partial charge is 0.321 e. The number of nitrogens with zero attached hydrogens (tertiary/aromatic N) is 3. The minimum Gasteiger partial charge on any atom is -0.381 e. The lowest BCUT2D eigenvalue weighted by atomic mass is 9.72. The van der Waals surface area contributed by atoms with Gasteiger partial charge in [0.25, 0.3) is 0 Å². The molecule has 1 aromatic heterocycles. The van der Waals surface area contributed by atoms with E-state index in [9.17, 15) is 4.79 Å². The molecule has 0 bridgehead atoms. The van der Waals surface area contributed by atoms with E-state index >= 15 is 0 Å². The molecule has 1 N–H and O–H groups in total. The fourth-order valence-electron chi connectivity index (χ4n) is 4.14. The highest BCUT2D eigenvalue weighted by Gasteiger charge is 2.51. The summed E-state index contributed by atoms with van der Waals surface area (Å²) in [5, 5.41) is 7.58. The fraction of sp³-hybridized carbons (Fsp3) is 0.526. The van der Waals surface area contributed by atoms with Crippen LogP contribution in [0.15, 0.2) is 22.7 Å². The average molecular weight is 391 g/mol. The van der Waals surface area contributed by atoms with Gasteiger partial charge in [0.2, 0.25) is 5.89 Å². The Morgan fingerprint density at radius 2 is 2.11 bits per heavy atom. The van der Waals surface area contributed by atoms with Gasteiger partial charge in [-0.25, -0.2) is 4.79 Å². The molecule has 4 rings (SSSR count). The third kappa shape index (κ3) is 3.41. The summed E-state index contributed by atoms with van der Waals surface area (Å²) in [6, 6.07) is 5.37. The number of benzene rings is 1. The first kappa shape index (κ1) is 18.3. The standard InChI is InChI=1S/C19H23ClN4O3/c1-12-15(20)4-3-5-16(12)22-18(25)24-10-14(17-21-13(2)23-27-17)19(11-24)6-8-26-9-7-19/h3-5,14H,6-11H2,1-2H3,(H,22,25). The predicted molar refractivity (Wildman–Crippen MR) is 101 cm³/mol. The molecule has 1 spiro atoms. The summed E-state index contributed by atoms with van der Waals surface area (Å²) in [5.74, 6) is 1.25. The van der Waals surface area contributed by atoms with E-state index in [0.717, 1.165) is 24.1 Å². The number of aromatic nitrogens is 2. The van der Waals surface area contributed by atoms with Gasteiger partial charge in [0.1, 0.15) is 0 Å². The molecule has 2 aromatic rings. The number of urea groups is 1. The molecule has 1 atom stereocenters. The van der Waals surface area contributed by atoms with Crippen LogP contribution in [0.2, 0.25) is 5.02 Å². The topological polar surface area (TPSA) is 80.5 Å². The van der Waals surface area contributed by atoms with Crippen molar-refractivity contribution in [1.82, 2.24) is 15.0 Å². The number of hydrogen-bond acceptors (Lipinski definition) is 5. The highest BCUT2D eigenvalue weighted by atomic mass is 35.5. The molecular formula is C19H23ClN4O3. The first-order chi connectivity index (χ1) is 13.0. The Morgan fingerprint density at radius 3 is 2.81 bits per heavy atom. The van der Waals surface area contributed by atoms with Crippen molar-refractivity contribution in [3.05, 3.63) is 40.5 Å². The van der Waals surface area contributed by atoms with Crippen LogP contribution in [0, 0.1) is 19.3 Å². The highest BCUT2D eigenvalue weighted by Crippen LogP contribution is 2.49. The quantitative estimate of drug-likeness (QED) is 0.844. The van der Waals surface area contributed by atoms with Gasteiger partial charge in [-0.15, -0.1) is 0 Å². The second-order valence-corrected chi connectivity index (χ2v) is 7.84. The zero-order valence-corrected chi connectivity index (χ0v) is 16.3. The molecule has 2 aliphatic heterocycles. The molecule has 0 radical (unpaired) electrons. The number of halogens is 1. The van der Waals surface area contributed by atoms with Crippen molar-refractivity contribution < 1.29 is 14.1 Å². The van der Waals surface area contributed by atoms with E-state index < -0.39 is 0 Å². The molecule has 1 unspecified atom stereocenters. The number of nitrogens with one attached hydrogen (secondary N) is 1. The van der Waals surface area contributed by atoms with Gasteiger partial charge in [0, 0.05) is 42.4 Å². The van der Waals surface area contributed by atoms with Crippen LogP contribution in [0.25, 0.3) is 0 Å². The Labute approximate surface area is 163 Å². The van der Waals surface area contributed by atoms with Crippen LogP contribution in [0.4, 0.5) is 10.5 Å². The number of amides is 2. The van der Waals surface area contributed by atoms with Crippen LogP contribution < -0.4 is 5.32 Å². The Bertz CT molecular complexity index is 847. The number of anilines is 1. The summed E-state index contributed by atoms with van der Waals surface area (Å²) in [6.45, 7) is 6.27. The molecule has 7 nitrogen and oxygen atoms in total. The summed E-state index contributed by atoms with van der Waals surface area (Å²) in [4.78, 5) is 19.3. The van der Waals surface area contributed by atoms with Crippen molar-refractivity contribution in [2.75, 3.05) is 31.6 Å². The number of hydrogen-bond donors (Lipinski definition) is 1. The molecule has 0 aliphatic carbocycles. The molecule has 2 amide bonds. The molecule has 8 heteroatoms. The third-order valence-corrected chi connectivity index (χ3v) is 6.18. The van der Waals surface area contributed by atoms with Gasteiger partial charge >= 0.3 is 6.03 Å². The van der Waals surface area contributed by atoms with Crippen LogP contribution in [-0.2, 0) is 4.74 Å². The maximum Gasteiger partial charge on any atom is 0.321 e. The van der Waals surface area contributed by atoms with Gasteiger partial charge in [0.05, 0.1) is 5.92 Å². The summed E-state index contributed by atoms with van der Waals surface area (Å²) in [6.07, 6.45) is 1.75. The molecule has 0 saturated carbocycles. The van der Waals surface area contributed by atoms with Crippen molar-refractivity contribution >= 4 is 23.3 Å². The van der Waals surface area contributed by atoms with Gasteiger partial charge in [-0.05, 0) is 44.4 Å². The number of aryl methyl sites for hydroxylation is 1. The van der Waals surface area contributed by atoms with Gasteiger partial charge in [-0.1, -0.05) is 22.8 Å². The van der Waals surface area contributed by atoms with Gasteiger partial charge in [-0.2, -0.15) is 4.98 Å². The molecule has 1 aromatic carbocycles. The second kappa shape index (κ2) is 7.13. The lowest BCUT2D eigenvalue weighted by Crippen LogP contribution is -2.38. The maximum absolute atomic E-state index is 13.0. The molecule has 2 aliphatic rings. The van der Waals surface area contributed by atoms with E-state index in [4.69, 9.17) is 20.9 Å². The zero-order chi connectivity index (χ0) is 19.0. The summed E-state index contributed by atoms with van der Waals surface area (Å²) in [5.41, 5.74) is 1.50. The average Bonchev–Trinajstić information content (AvgIpc) is 3.23. The van der Waals surface area contributed by atoms with E-state index in [-0.39, 0.29) is 17.4 Å². The van der Waals surface area contributed by atoms with Crippen molar-refractivity contribution in [2.24, 2.45) is 5.41 Å². The number of likely N-dealkylation sites (tertiary alicyclic amines) is 1. The minimum absolute atomic E-state index is 0.0220.